The molecule has 1 amide bonds. The maximum absolute atomic E-state index is 12.7. The monoisotopic (exact) mass is 411 g/mol. The quantitative estimate of drug-likeness (QED) is 0.489. The molecule has 8 heteroatoms. The Morgan fingerprint density at radius 2 is 2.00 bits per heavy atom. The van der Waals surface area contributed by atoms with Crippen LogP contribution in [-0.2, 0) is 11.3 Å². The van der Waals surface area contributed by atoms with Crippen LogP contribution in [0.25, 0.3) is 10.2 Å². The second-order valence-electron chi connectivity index (χ2n) is 6.17. The molecule has 0 spiro atoms. The van der Waals surface area contributed by atoms with Crippen molar-refractivity contribution >= 4 is 49.8 Å². The number of aryl methyl sites for hydroxylation is 1. The first-order valence-electron chi connectivity index (χ1n) is 8.55. The number of carbonyl (C=O) groups is 2. The summed E-state index contributed by atoms with van der Waals surface area (Å²) in [6.45, 7) is 2.58. The lowest BCUT2D eigenvalue weighted by Crippen LogP contribution is -2.12. The van der Waals surface area contributed by atoms with E-state index in [4.69, 9.17) is 4.74 Å². The van der Waals surface area contributed by atoms with E-state index in [1.165, 1.54) is 29.8 Å². The Morgan fingerprint density at radius 1 is 1.21 bits per heavy atom. The molecule has 1 aromatic carbocycles. The van der Waals surface area contributed by atoms with Gasteiger partial charge in [0.15, 0.2) is 0 Å². The SMILES string of the molecule is COC(=O)c1ccsc1NC(=O)c1cc2c(C)nn(Cc3ccccc3)c2s1. The third kappa shape index (κ3) is 3.44. The van der Waals surface area contributed by atoms with Gasteiger partial charge in [-0.1, -0.05) is 30.3 Å². The van der Waals surface area contributed by atoms with E-state index < -0.39 is 5.97 Å². The maximum atomic E-state index is 12.7. The third-order valence-corrected chi connectivity index (χ3v) is 6.28. The van der Waals surface area contributed by atoms with Crippen molar-refractivity contribution in [2.24, 2.45) is 0 Å². The van der Waals surface area contributed by atoms with Gasteiger partial charge in [-0.3, -0.25) is 9.48 Å². The number of hydrogen-bond acceptors (Lipinski definition) is 6. The fourth-order valence-corrected chi connectivity index (χ4v) is 4.76. The molecule has 0 radical (unpaired) electrons. The number of fused-ring (bicyclic) bond motifs is 1. The fraction of sp³-hybridized carbons (Fsp3) is 0.150. The van der Waals surface area contributed by atoms with Crippen LogP contribution in [-0.4, -0.2) is 28.8 Å². The van der Waals surface area contributed by atoms with Gasteiger partial charge in [-0.25, -0.2) is 4.79 Å². The summed E-state index contributed by atoms with van der Waals surface area (Å²) in [5.41, 5.74) is 2.38. The highest BCUT2D eigenvalue weighted by Crippen LogP contribution is 2.31. The van der Waals surface area contributed by atoms with Crippen molar-refractivity contribution in [3.63, 3.8) is 0 Å². The number of methoxy groups -OCH3 is 1. The van der Waals surface area contributed by atoms with Gasteiger partial charge in [-0.15, -0.1) is 22.7 Å². The van der Waals surface area contributed by atoms with Crippen molar-refractivity contribution < 1.29 is 14.3 Å². The van der Waals surface area contributed by atoms with Crippen molar-refractivity contribution in [1.82, 2.24) is 9.78 Å². The lowest BCUT2D eigenvalue weighted by molar-refractivity contribution is 0.0602. The number of hydrogen-bond donors (Lipinski definition) is 1. The predicted molar refractivity (Wildman–Crippen MR) is 112 cm³/mol. The van der Waals surface area contributed by atoms with Crippen molar-refractivity contribution in [2.45, 2.75) is 13.5 Å². The topological polar surface area (TPSA) is 73.2 Å². The summed E-state index contributed by atoms with van der Waals surface area (Å²) in [4.78, 5) is 26.1. The summed E-state index contributed by atoms with van der Waals surface area (Å²) in [5.74, 6) is -0.721. The Bertz CT molecular complexity index is 1160. The molecule has 3 aromatic heterocycles. The lowest BCUT2D eigenvalue weighted by Gasteiger charge is -2.04. The molecule has 4 aromatic rings. The van der Waals surface area contributed by atoms with Crippen LogP contribution >= 0.6 is 22.7 Å². The molecule has 142 valence electrons. The number of ether oxygens (including phenoxy) is 1. The van der Waals surface area contributed by atoms with Crippen molar-refractivity contribution in [1.29, 1.82) is 0 Å². The van der Waals surface area contributed by atoms with Crippen molar-refractivity contribution in [3.8, 4) is 0 Å². The van der Waals surface area contributed by atoms with E-state index in [1.54, 1.807) is 11.4 Å². The van der Waals surface area contributed by atoms with Gasteiger partial charge in [-0.2, -0.15) is 5.10 Å². The highest BCUT2D eigenvalue weighted by molar-refractivity contribution is 7.20. The summed E-state index contributed by atoms with van der Waals surface area (Å²) >= 11 is 2.68. The van der Waals surface area contributed by atoms with Crippen LogP contribution in [0, 0.1) is 6.92 Å². The molecule has 4 rings (SSSR count). The smallest absolute Gasteiger partial charge is 0.340 e. The molecule has 0 saturated heterocycles. The molecule has 3 heterocycles. The molecule has 0 aliphatic heterocycles. The average molecular weight is 412 g/mol. The maximum Gasteiger partial charge on any atom is 0.340 e. The molecule has 0 aliphatic carbocycles. The molecule has 0 unspecified atom stereocenters. The van der Waals surface area contributed by atoms with Gasteiger partial charge in [-0.05, 0) is 30.0 Å². The lowest BCUT2D eigenvalue weighted by atomic mass is 10.2. The Kier molecular flexibility index (Phi) is 4.97. The zero-order valence-corrected chi connectivity index (χ0v) is 16.9. The zero-order valence-electron chi connectivity index (χ0n) is 15.3. The molecular weight excluding hydrogens is 394 g/mol. The van der Waals surface area contributed by atoms with E-state index in [2.05, 4.69) is 22.5 Å². The summed E-state index contributed by atoms with van der Waals surface area (Å²) in [5, 5.41) is 10.6. The van der Waals surface area contributed by atoms with Crippen LogP contribution in [0.15, 0.2) is 47.8 Å². The number of anilines is 1. The number of thiophene rings is 2. The molecule has 0 fully saturated rings. The largest absolute Gasteiger partial charge is 0.465 e. The highest BCUT2D eigenvalue weighted by atomic mass is 32.1. The number of esters is 1. The second kappa shape index (κ2) is 7.57. The summed E-state index contributed by atoms with van der Waals surface area (Å²) in [7, 11) is 1.32. The first-order valence-corrected chi connectivity index (χ1v) is 10.2. The predicted octanol–water partition coefficient (Wildman–Crippen LogP) is 4.55. The Hall–Kier alpha value is -2.97. The van der Waals surface area contributed by atoms with Gasteiger partial charge in [0.2, 0.25) is 0 Å². The van der Waals surface area contributed by atoms with E-state index in [1.807, 2.05) is 35.9 Å². The van der Waals surface area contributed by atoms with Gasteiger partial charge >= 0.3 is 5.97 Å². The number of aromatic nitrogens is 2. The van der Waals surface area contributed by atoms with Crippen LogP contribution in [0.2, 0.25) is 0 Å². The van der Waals surface area contributed by atoms with Gasteiger partial charge < -0.3 is 10.1 Å². The standard InChI is InChI=1S/C20H17N3O3S2/c1-12-15-10-16(17(24)21-18-14(8-9-27-18)20(25)26-2)28-19(15)23(22-12)11-13-6-4-3-5-7-13/h3-10H,11H2,1-2H3,(H,21,24). The van der Waals surface area contributed by atoms with E-state index in [0.29, 0.717) is 22.0 Å². The first-order chi connectivity index (χ1) is 13.6. The fourth-order valence-electron chi connectivity index (χ4n) is 2.93. The van der Waals surface area contributed by atoms with Crippen LogP contribution in [0.1, 0.15) is 31.3 Å². The molecule has 0 saturated carbocycles. The summed E-state index contributed by atoms with van der Waals surface area (Å²) in [6, 6.07) is 13.6. The Balaban J connectivity index is 1.61. The number of amides is 1. The van der Waals surface area contributed by atoms with E-state index in [9.17, 15) is 9.59 Å². The first kappa shape index (κ1) is 18.4. The minimum Gasteiger partial charge on any atom is -0.465 e. The number of benzene rings is 1. The highest BCUT2D eigenvalue weighted by Gasteiger charge is 2.20. The minimum atomic E-state index is -0.470. The normalized spacial score (nSPS) is 10.9. The third-order valence-electron chi connectivity index (χ3n) is 4.30. The Labute approximate surface area is 169 Å². The summed E-state index contributed by atoms with van der Waals surface area (Å²) in [6.07, 6.45) is 0. The zero-order chi connectivity index (χ0) is 19.7. The molecular formula is C20H17N3O3S2. The van der Waals surface area contributed by atoms with Gasteiger partial charge in [0.1, 0.15) is 9.83 Å². The summed E-state index contributed by atoms with van der Waals surface area (Å²) < 4.78 is 6.68. The number of nitrogens with one attached hydrogen (secondary N) is 1. The molecule has 28 heavy (non-hydrogen) atoms. The molecule has 0 aliphatic rings. The minimum absolute atomic E-state index is 0.250. The van der Waals surface area contributed by atoms with Gasteiger partial charge in [0.25, 0.3) is 5.91 Å². The van der Waals surface area contributed by atoms with Crippen molar-refractivity contribution in [3.05, 3.63) is 69.5 Å². The van der Waals surface area contributed by atoms with E-state index >= 15 is 0 Å². The van der Waals surface area contributed by atoms with Crippen LogP contribution in [0.3, 0.4) is 0 Å². The average Bonchev–Trinajstić information content (AvgIpc) is 3.40. The molecule has 6 nitrogen and oxygen atoms in total. The Morgan fingerprint density at radius 3 is 2.75 bits per heavy atom. The van der Waals surface area contributed by atoms with Gasteiger partial charge in [0.05, 0.1) is 29.8 Å². The second-order valence-corrected chi connectivity index (χ2v) is 8.11. The number of rotatable bonds is 5. The van der Waals surface area contributed by atoms with E-state index in [-0.39, 0.29) is 5.91 Å². The molecule has 1 N–H and O–H groups in total. The number of nitrogens with zero attached hydrogens (tertiary/aromatic N) is 2. The number of carbonyl (C=O) groups excluding carboxylic acids is 2. The molecule has 0 bridgehead atoms. The van der Waals surface area contributed by atoms with Crippen LogP contribution in [0.4, 0.5) is 5.00 Å². The van der Waals surface area contributed by atoms with Gasteiger partial charge in [0, 0.05) is 5.39 Å². The van der Waals surface area contributed by atoms with Crippen LogP contribution in [0.5, 0.6) is 0 Å². The molecule has 0 atom stereocenters. The van der Waals surface area contributed by atoms with Crippen LogP contribution < -0.4 is 5.32 Å². The van der Waals surface area contributed by atoms with E-state index in [0.717, 1.165) is 21.5 Å². The van der Waals surface area contributed by atoms with Crippen molar-refractivity contribution in [2.75, 3.05) is 12.4 Å².